The molecule has 0 aromatic carbocycles. The molecule has 0 aliphatic heterocycles. The van der Waals surface area contributed by atoms with Crippen molar-refractivity contribution in [3.05, 3.63) is 12.7 Å². The molecule has 5 heteroatoms. The average molecular weight is 225 g/mol. The van der Waals surface area contributed by atoms with E-state index in [4.69, 9.17) is 0 Å². The van der Waals surface area contributed by atoms with Crippen molar-refractivity contribution >= 4 is 0 Å². The van der Waals surface area contributed by atoms with Crippen molar-refractivity contribution in [3.63, 3.8) is 0 Å². The molecule has 2 nitrogen and oxygen atoms in total. The van der Waals surface area contributed by atoms with E-state index in [9.17, 15) is 13.2 Å². The van der Waals surface area contributed by atoms with Gasteiger partial charge in [0.05, 0.1) is 6.61 Å². The summed E-state index contributed by atoms with van der Waals surface area (Å²) in [7, 11) is 0. The van der Waals surface area contributed by atoms with Gasteiger partial charge in [0.15, 0.2) is 0 Å². The van der Waals surface area contributed by atoms with Gasteiger partial charge in [0.2, 0.25) is 0 Å². The predicted molar refractivity (Wildman–Crippen MR) is 53.7 cm³/mol. The van der Waals surface area contributed by atoms with Crippen LogP contribution in [0.25, 0.3) is 0 Å². The number of nitrogens with one attached hydrogen (secondary N) is 1. The van der Waals surface area contributed by atoms with E-state index in [-0.39, 0.29) is 6.61 Å². The lowest BCUT2D eigenvalue weighted by atomic mass is 9.92. The monoisotopic (exact) mass is 225 g/mol. The average Bonchev–Trinajstić information content (AvgIpc) is 2.13. The fourth-order valence-corrected chi connectivity index (χ4v) is 0.993. The van der Waals surface area contributed by atoms with Gasteiger partial charge in [0.1, 0.15) is 6.61 Å². The first kappa shape index (κ1) is 14.5. The molecule has 0 fully saturated rings. The molecule has 0 bridgehead atoms. The minimum Gasteiger partial charge on any atom is -0.371 e. The van der Waals surface area contributed by atoms with Crippen molar-refractivity contribution in [2.45, 2.75) is 20.0 Å². The molecule has 0 aliphatic carbocycles. The van der Waals surface area contributed by atoms with Gasteiger partial charge < -0.3 is 10.1 Å². The second-order valence-electron chi connectivity index (χ2n) is 3.75. The highest BCUT2D eigenvalue weighted by Gasteiger charge is 2.29. The molecule has 0 amide bonds. The van der Waals surface area contributed by atoms with Crippen LogP contribution in [0.15, 0.2) is 12.7 Å². The van der Waals surface area contributed by atoms with Gasteiger partial charge >= 0.3 is 6.18 Å². The van der Waals surface area contributed by atoms with Crippen molar-refractivity contribution < 1.29 is 17.9 Å². The number of hydrogen-bond donors (Lipinski definition) is 1. The van der Waals surface area contributed by atoms with Crippen molar-refractivity contribution in [2.24, 2.45) is 5.41 Å². The summed E-state index contributed by atoms with van der Waals surface area (Å²) in [6.45, 7) is 7.47. The molecular weight excluding hydrogens is 207 g/mol. The Kier molecular flexibility index (Phi) is 5.90. The molecule has 0 aromatic rings. The highest BCUT2D eigenvalue weighted by Crippen LogP contribution is 2.20. The van der Waals surface area contributed by atoms with Gasteiger partial charge in [-0.1, -0.05) is 19.9 Å². The largest absolute Gasteiger partial charge is 0.411 e. The predicted octanol–water partition coefficient (Wildman–Crippen LogP) is 2.37. The summed E-state index contributed by atoms with van der Waals surface area (Å²) in [4.78, 5) is 0. The molecule has 0 radical (unpaired) electrons. The van der Waals surface area contributed by atoms with E-state index in [0.29, 0.717) is 6.54 Å². The first-order valence-electron chi connectivity index (χ1n) is 4.82. The van der Waals surface area contributed by atoms with E-state index in [1.165, 1.54) is 0 Å². The van der Waals surface area contributed by atoms with E-state index in [0.717, 1.165) is 6.54 Å². The van der Waals surface area contributed by atoms with Crippen LogP contribution in [0.4, 0.5) is 13.2 Å². The van der Waals surface area contributed by atoms with E-state index in [1.54, 1.807) is 13.0 Å². The number of alkyl halides is 3. The Balaban J connectivity index is 3.93. The fourth-order valence-electron chi connectivity index (χ4n) is 0.993. The summed E-state index contributed by atoms with van der Waals surface area (Å²) in [5.74, 6) is 0. The van der Waals surface area contributed by atoms with Gasteiger partial charge in [-0.25, -0.2) is 0 Å². The Bertz CT molecular complexity index is 194. The van der Waals surface area contributed by atoms with Crippen LogP contribution in [-0.4, -0.2) is 32.5 Å². The van der Waals surface area contributed by atoms with Crippen molar-refractivity contribution in [1.82, 2.24) is 5.32 Å². The van der Waals surface area contributed by atoms with Gasteiger partial charge in [-0.3, -0.25) is 0 Å². The van der Waals surface area contributed by atoms with Crippen LogP contribution >= 0.6 is 0 Å². The molecule has 0 heterocycles. The molecule has 1 atom stereocenters. The van der Waals surface area contributed by atoms with E-state index >= 15 is 0 Å². The number of rotatable bonds is 7. The Morgan fingerprint density at radius 1 is 1.33 bits per heavy atom. The summed E-state index contributed by atoms with van der Waals surface area (Å²) in [5, 5.41) is 3.05. The molecule has 0 aromatic heterocycles. The summed E-state index contributed by atoms with van der Waals surface area (Å²) < 4.78 is 40.1. The van der Waals surface area contributed by atoms with Crippen LogP contribution in [0.1, 0.15) is 13.8 Å². The quantitative estimate of drug-likeness (QED) is 0.672. The SMILES string of the molecule is C=CC(C)(CNCC)COCC(F)(F)F. The second kappa shape index (κ2) is 6.12. The lowest BCUT2D eigenvalue weighted by Gasteiger charge is -2.26. The Hall–Kier alpha value is -0.550. The minimum atomic E-state index is -4.26. The maximum absolute atomic E-state index is 11.8. The van der Waals surface area contributed by atoms with Crippen LogP contribution in [0.3, 0.4) is 0 Å². The summed E-state index contributed by atoms with van der Waals surface area (Å²) in [6, 6.07) is 0. The molecule has 90 valence electrons. The van der Waals surface area contributed by atoms with Gasteiger partial charge in [-0.15, -0.1) is 6.58 Å². The summed E-state index contributed by atoms with van der Waals surface area (Å²) in [6.07, 6.45) is -2.65. The third-order valence-corrected chi connectivity index (χ3v) is 1.97. The molecule has 1 unspecified atom stereocenters. The number of halogens is 3. The van der Waals surface area contributed by atoms with Gasteiger partial charge in [0, 0.05) is 12.0 Å². The normalized spacial score (nSPS) is 16.1. The zero-order valence-electron chi connectivity index (χ0n) is 9.16. The molecular formula is C10H18F3NO. The van der Waals surface area contributed by atoms with Gasteiger partial charge in [-0.05, 0) is 6.54 Å². The van der Waals surface area contributed by atoms with Crippen molar-refractivity contribution in [1.29, 1.82) is 0 Å². The van der Waals surface area contributed by atoms with Gasteiger partial charge in [0.25, 0.3) is 0 Å². The van der Waals surface area contributed by atoms with E-state index < -0.39 is 18.2 Å². The fraction of sp³-hybridized carbons (Fsp3) is 0.800. The van der Waals surface area contributed by atoms with E-state index in [2.05, 4.69) is 16.6 Å². The number of hydrogen-bond acceptors (Lipinski definition) is 2. The zero-order valence-corrected chi connectivity index (χ0v) is 9.16. The maximum Gasteiger partial charge on any atom is 0.411 e. The maximum atomic E-state index is 11.8. The van der Waals surface area contributed by atoms with Crippen molar-refractivity contribution in [2.75, 3.05) is 26.3 Å². The lowest BCUT2D eigenvalue weighted by Crippen LogP contribution is -2.35. The third kappa shape index (κ3) is 7.39. The lowest BCUT2D eigenvalue weighted by molar-refractivity contribution is -0.178. The number of ether oxygens (including phenoxy) is 1. The van der Waals surface area contributed by atoms with Crippen LogP contribution in [0.2, 0.25) is 0 Å². The molecule has 0 rings (SSSR count). The molecule has 0 aliphatic rings. The first-order valence-corrected chi connectivity index (χ1v) is 4.82. The molecule has 0 spiro atoms. The molecule has 15 heavy (non-hydrogen) atoms. The molecule has 0 saturated carbocycles. The van der Waals surface area contributed by atoms with Crippen LogP contribution in [0.5, 0.6) is 0 Å². The van der Waals surface area contributed by atoms with Crippen LogP contribution in [0, 0.1) is 5.41 Å². The van der Waals surface area contributed by atoms with Crippen molar-refractivity contribution in [3.8, 4) is 0 Å². The first-order chi connectivity index (χ1) is 6.83. The Labute approximate surface area is 88.5 Å². The van der Waals surface area contributed by atoms with Gasteiger partial charge in [-0.2, -0.15) is 13.2 Å². The smallest absolute Gasteiger partial charge is 0.371 e. The minimum absolute atomic E-state index is 0.0169. The standard InChI is InChI=1S/C10H18F3NO/c1-4-9(3,6-14-5-2)7-15-8-10(11,12)13/h4,14H,1,5-8H2,2-3H3. The Morgan fingerprint density at radius 2 is 1.93 bits per heavy atom. The summed E-state index contributed by atoms with van der Waals surface area (Å²) >= 11 is 0. The zero-order chi connectivity index (χ0) is 11.9. The molecule has 0 saturated heterocycles. The molecule has 1 N–H and O–H groups in total. The van der Waals surface area contributed by atoms with Crippen LogP contribution in [-0.2, 0) is 4.74 Å². The highest BCUT2D eigenvalue weighted by atomic mass is 19.4. The Morgan fingerprint density at radius 3 is 2.33 bits per heavy atom. The summed E-state index contributed by atoms with van der Waals surface area (Å²) in [5.41, 5.74) is -0.457. The topological polar surface area (TPSA) is 21.3 Å². The second-order valence-corrected chi connectivity index (χ2v) is 3.75. The third-order valence-electron chi connectivity index (χ3n) is 1.97. The highest BCUT2D eigenvalue weighted by molar-refractivity contribution is 4.93. The van der Waals surface area contributed by atoms with Crippen LogP contribution < -0.4 is 5.32 Å². The van der Waals surface area contributed by atoms with E-state index in [1.807, 2.05) is 6.92 Å².